The third-order valence-electron chi connectivity index (χ3n) is 3.79. The van der Waals surface area contributed by atoms with Gasteiger partial charge in [-0.1, -0.05) is 43.7 Å². The highest BCUT2D eigenvalue weighted by atomic mass is 127. The molecule has 0 heterocycles. The van der Waals surface area contributed by atoms with Crippen LogP contribution >= 0.6 is 24.0 Å². The van der Waals surface area contributed by atoms with Gasteiger partial charge >= 0.3 is 0 Å². The molecule has 132 valence electrons. The van der Waals surface area contributed by atoms with Crippen molar-refractivity contribution in [3.8, 4) is 0 Å². The monoisotopic (exact) mass is 432 g/mol. The van der Waals surface area contributed by atoms with Crippen molar-refractivity contribution < 1.29 is 0 Å². The number of aryl methyl sites for hydroxylation is 1. The van der Waals surface area contributed by atoms with Crippen molar-refractivity contribution in [1.82, 2.24) is 15.5 Å². The molecule has 1 rings (SSSR count). The Kier molecular flexibility index (Phi) is 11.3. The summed E-state index contributed by atoms with van der Waals surface area (Å²) in [6.07, 6.45) is 1.15. The molecule has 1 aromatic carbocycles. The summed E-state index contributed by atoms with van der Waals surface area (Å²) in [6, 6.07) is 9.07. The zero-order valence-corrected chi connectivity index (χ0v) is 17.7. The van der Waals surface area contributed by atoms with Crippen LogP contribution in [0.1, 0.15) is 37.4 Å². The lowest BCUT2D eigenvalue weighted by Gasteiger charge is -2.26. The molecule has 0 aliphatic carbocycles. The molecule has 0 aromatic heterocycles. The predicted octanol–water partition coefficient (Wildman–Crippen LogP) is 3.43. The van der Waals surface area contributed by atoms with Gasteiger partial charge in [0, 0.05) is 20.1 Å². The Morgan fingerprint density at radius 2 is 1.74 bits per heavy atom. The molecule has 0 spiro atoms. The maximum atomic E-state index is 4.30. The lowest BCUT2D eigenvalue weighted by atomic mass is 10.0. The molecule has 1 aromatic rings. The summed E-state index contributed by atoms with van der Waals surface area (Å²) >= 11 is 0. The van der Waals surface area contributed by atoms with E-state index in [1.165, 1.54) is 11.1 Å². The normalized spacial score (nSPS) is 13.0. The van der Waals surface area contributed by atoms with Crippen LogP contribution in [0.15, 0.2) is 29.3 Å². The fourth-order valence-corrected chi connectivity index (χ4v) is 2.28. The molecule has 0 saturated carbocycles. The minimum atomic E-state index is 0. The fraction of sp³-hybridized carbons (Fsp3) is 0.611. The SMILES string of the molecule is CN=C(NCCC(C)C)NCC(c1ccc(C)cc1)N(C)C.I. The first kappa shape index (κ1) is 22.2. The highest BCUT2D eigenvalue weighted by Crippen LogP contribution is 2.17. The van der Waals surface area contributed by atoms with E-state index in [1.54, 1.807) is 0 Å². The standard InChI is InChI=1S/C18H32N4.HI/c1-14(2)11-12-20-18(19-4)21-13-17(22(5)6)16-9-7-15(3)8-10-16;/h7-10,14,17H,11-13H2,1-6H3,(H2,19,20,21);1H. The van der Waals surface area contributed by atoms with Crippen LogP contribution in [0.25, 0.3) is 0 Å². The lowest BCUT2D eigenvalue weighted by molar-refractivity contribution is 0.298. The van der Waals surface area contributed by atoms with Gasteiger partial charge in [-0.15, -0.1) is 24.0 Å². The van der Waals surface area contributed by atoms with E-state index in [1.807, 2.05) is 7.05 Å². The van der Waals surface area contributed by atoms with Crippen LogP contribution in [0.5, 0.6) is 0 Å². The van der Waals surface area contributed by atoms with Crippen molar-refractivity contribution >= 4 is 29.9 Å². The highest BCUT2D eigenvalue weighted by Gasteiger charge is 2.14. The van der Waals surface area contributed by atoms with E-state index in [-0.39, 0.29) is 24.0 Å². The molecule has 0 aliphatic heterocycles. The maximum Gasteiger partial charge on any atom is 0.191 e. The molecular formula is C18H33IN4. The van der Waals surface area contributed by atoms with E-state index < -0.39 is 0 Å². The first-order chi connectivity index (χ1) is 10.4. The number of halogens is 1. The second-order valence-corrected chi connectivity index (χ2v) is 6.45. The molecule has 0 aliphatic rings. The number of rotatable bonds is 7. The molecule has 5 heteroatoms. The van der Waals surface area contributed by atoms with Gasteiger partial charge in [0.2, 0.25) is 0 Å². The van der Waals surface area contributed by atoms with Crippen molar-refractivity contribution in [3.63, 3.8) is 0 Å². The van der Waals surface area contributed by atoms with Crippen LogP contribution in [0.2, 0.25) is 0 Å². The average Bonchev–Trinajstić information content (AvgIpc) is 2.46. The summed E-state index contributed by atoms with van der Waals surface area (Å²) in [5, 5.41) is 6.81. The Morgan fingerprint density at radius 3 is 2.22 bits per heavy atom. The van der Waals surface area contributed by atoms with E-state index in [0.29, 0.717) is 12.0 Å². The van der Waals surface area contributed by atoms with E-state index in [2.05, 4.69) is 79.7 Å². The van der Waals surface area contributed by atoms with Crippen LogP contribution in [-0.2, 0) is 0 Å². The fourth-order valence-electron chi connectivity index (χ4n) is 2.28. The molecule has 23 heavy (non-hydrogen) atoms. The van der Waals surface area contributed by atoms with Gasteiger partial charge in [0.05, 0.1) is 6.04 Å². The van der Waals surface area contributed by atoms with Crippen molar-refractivity contribution in [2.75, 3.05) is 34.2 Å². The van der Waals surface area contributed by atoms with Gasteiger partial charge < -0.3 is 15.5 Å². The first-order valence-electron chi connectivity index (χ1n) is 8.11. The quantitative estimate of drug-likeness (QED) is 0.394. The Morgan fingerprint density at radius 1 is 1.13 bits per heavy atom. The summed E-state index contributed by atoms with van der Waals surface area (Å²) in [4.78, 5) is 6.54. The predicted molar refractivity (Wildman–Crippen MR) is 112 cm³/mol. The zero-order valence-electron chi connectivity index (χ0n) is 15.4. The summed E-state index contributed by atoms with van der Waals surface area (Å²) < 4.78 is 0. The van der Waals surface area contributed by atoms with Gasteiger partial charge in [-0.25, -0.2) is 0 Å². The van der Waals surface area contributed by atoms with Gasteiger partial charge in [0.1, 0.15) is 0 Å². The number of likely N-dealkylation sites (N-methyl/N-ethyl adjacent to an activating group) is 1. The maximum absolute atomic E-state index is 4.30. The number of benzene rings is 1. The minimum absolute atomic E-state index is 0. The molecule has 4 nitrogen and oxygen atoms in total. The van der Waals surface area contributed by atoms with Crippen LogP contribution in [0.3, 0.4) is 0 Å². The minimum Gasteiger partial charge on any atom is -0.356 e. The third-order valence-corrected chi connectivity index (χ3v) is 3.79. The summed E-state index contributed by atoms with van der Waals surface area (Å²) in [5.74, 6) is 1.58. The smallest absolute Gasteiger partial charge is 0.191 e. The molecule has 2 N–H and O–H groups in total. The van der Waals surface area contributed by atoms with Crippen molar-refractivity contribution in [2.24, 2.45) is 10.9 Å². The Hall–Kier alpha value is -0.820. The van der Waals surface area contributed by atoms with E-state index in [9.17, 15) is 0 Å². The second kappa shape index (κ2) is 11.7. The lowest BCUT2D eigenvalue weighted by Crippen LogP contribution is -2.42. The van der Waals surface area contributed by atoms with Gasteiger partial charge in [0.25, 0.3) is 0 Å². The van der Waals surface area contributed by atoms with Crippen LogP contribution in [0, 0.1) is 12.8 Å². The molecule has 1 unspecified atom stereocenters. The van der Waals surface area contributed by atoms with Crippen LogP contribution in [-0.4, -0.2) is 45.1 Å². The van der Waals surface area contributed by atoms with E-state index in [4.69, 9.17) is 0 Å². The Bertz CT molecular complexity index is 455. The number of nitrogens with one attached hydrogen (secondary N) is 2. The van der Waals surface area contributed by atoms with Crippen molar-refractivity contribution in [1.29, 1.82) is 0 Å². The summed E-state index contributed by atoms with van der Waals surface area (Å²) in [6.45, 7) is 8.37. The van der Waals surface area contributed by atoms with Crippen LogP contribution in [0.4, 0.5) is 0 Å². The summed E-state index contributed by atoms with van der Waals surface area (Å²) in [7, 11) is 6.05. The molecule has 0 fully saturated rings. The third kappa shape index (κ3) is 8.55. The first-order valence-corrected chi connectivity index (χ1v) is 8.11. The molecule has 0 saturated heterocycles. The van der Waals surface area contributed by atoms with Crippen molar-refractivity contribution in [3.05, 3.63) is 35.4 Å². The number of hydrogen-bond donors (Lipinski definition) is 2. The van der Waals surface area contributed by atoms with Crippen molar-refractivity contribution in [2.45, 2.75) is 33.2 Å². The number of nitrogens with zero attached hydrogens (tertiary/aromatic N) is 2. The topological polar surface area (TPSA) is 39.7 Å². The van der Waals surface area contributed by atoms with E-state index in [0.717, 1.165) is 25.5 Å². The molecule has 0 amide bonds. The number of guanidine groups is 1. The number of aliphatic imine (C=N–C) groups is 1. The highest BCUT2D eigenvalue weighted by molar-refractivity contribution is 14.0. The van der Waals surface area contributed by atoms with Gasteiger partial charge in [-0.05, 0) is 38.9 Å². The average molecular weight is 432 g/mol. The number of hydrogen-bond acceptors (Lipinski definition) is 2. The van der Waals surface area contributed by atoms with Gasteiger partial charge in [-0.3, -0.25) is 4.99 Å². The largest absolute Gasteiger partial charge is 0.356 e. The molecular weight excluding hydrogens is 399 g/mol. The van der Waals surface area contributed by atoms with Crippen LogP contribution < -0.4 is 10.6 Å². The molecule has 1 atom stereocenters. The Balaban J connectivity index is 0.00000484. The molecule has 0 bridgehead atoms. The second-order valence-electron chi connectivity index (χ2n) is 6.45. The zero-order chi connectivity index (χ0) is 16.5. The molecule has 0 radical (unpaired) electrons. The summed E-state index contributed by atoms with van der Waals surface area (Å²) in [5.41, 5.74) is 2.61. The Labute approximate surface area is 159 Å². The van der Waals surface area contributed by atoms with Gasteiger partial charge in [-0.2, -0.15) is 0 Å². The van der Waals surface area contributed by atoms with Gasteiger partial charge in [0.15, 0.2) is 5.96 Å². The van der Waals surface area contributed by atoms with E-state index >= 15 is 0 Å².